The normalized spacial score (nSPS) is 15.1. The van der Waals surface area contributed by atoms with E-state index in [9.17, 15) is 9.59 Å². The minimum Gasteiger partial charge on any atom is -0.479 e. The number of nitrogens with zero attached hydrogens (tertiary/aromatic N) is 3. The second-order valence-corrected chi connectivity index (χ2v) is 7.84. The van der Waals surface area contributed by atoms with Crippen LogP contribution in [0.4, 0.5) is 11.4 Å². The molecule has 1 aliphatic heterocycles. The van der Waals surface area contributed by atoms with Crippen molar-refractivity contribution in [1.82, 2.24) is 14.8 Å². The van der Waals surface area contributed by atoms with E-state index in [1.807, 2.05) is 41.8 Å². The minimum absolute atomic E-state index is 0.178. The maximum Gasteiger partial charge on any atom is 0.265 e. The lowest BCUT2D eigenvalue weighted by Gasteiger charge is -2.23. The number of anilines is 2. The van der Waals surface area contributed by atoms with Gasteiger partial charge in [0, 0.05) is 5.69 Å². The Bertz CT molecular complexity index is 1080. The number of fused-ring (bicyclic) bond motifs is 1. The number of hydrogen-bond donors (Lipinski definition) is 2. The molecular formula is C21H21N5O3S. The zero-order chi connectivity index (χ0) is 21.1. The van der Waals surface area contributed by atoms with Crippen LogP contribution in [0.2, 0.25) is 0 Å². The second-order valence-electron chi connectivity index (χ2n) is 6.90. The molecule has 154 valence electrons. The summed E-state index contributed by atoms with van der Waals surface area (Å²) in [5.41, 5.74) is 2.26. The zero-order valence-corrected chi connectivity index (χ0v) is 17.4. The average Bonchev–Trinajstić information content (AvgIpc) is 3.08. The summed E-state index contributed by atoms with van der Waals surface area (Å²) in [7, 11) is 0. The molecule has 3 aromatic rings. The van der Waals surface area contributed by atoms with Crippen molar-refractivity contribution >= 4 is 35.0 Å². The van der Waals surface area contributed by atoms with E-state index >= 15 is 0 Å². The summed E-state index contributed by atoms with van der Waals surface area (Å²) in [6.07, 6.45) is -0.536. The third kappa shape index (κ3) is 4.46. The molecule has 4 rings (SSSR count). The highest BCUT2D eigenvalue weighted by molar-refractivity contribution is 7.99. The van der Waals surface area contributed by atoms with E-state index in [-0.39, 0.29) is 17.6 Å². The van der Waals surface area contributed by atoms with Gasteiger partial charge in [-0.15, -0.1) is 10.2 Å². The van der Waals surface area contributed by atoms with Crippen molar-refractivity contribution in [3.05, 3.63) is 59.9 Å². The summed E-state index contributed by atoms with van der Waals surface area (Å²) in [6, 6.07) is 15.2. The highest BCUT2D eigenvalue weighted by atomic mass is 32.2. The molecular weight excluding hydrogens is 402 g/mol. The molecule has 9 heteroatoms. The Morgan fingerprint density at radius 1 is 1.23 bits per heavy atom. The molecule has 0 spiro atoms. The largest absolute Gasteiger partial charge is 0.479 e. The first kappa shape index (κ1) is 20.0. The number of benzene rings is 2. The van der Waals surface area contributed by atoms with E-state index in [1.165, 1.54) is 11.8 Å². The molecule has 2 aromatic carbocycles. The smallest absolute Gasteiger partial charge is 0.265 e. The molecule has 0 saturated carbocycles. The quantitative estimate of drug-likeness (QED) is 0.592. The van der Waals surface area contributed by atoms with E-state index < -0.39 is 6.10 Å². The Morgan fingerprint density at radius 2 is 2.03 bits per heavy atom. The van der Waals surface area contributed by atoms with Gasteiger partial charge in [-0.05, 0) is 37.6 Å². The van der Waals surface area contributed by atoms with E-state index in [4.69, 9.17) is 4.74 Å². The average molecular weight is 423 g/mol. The van der Waals surface area contributed by atoms with Gasteiger partial charge in [0.1, 0.15) is 11.6 Å². The molecule has 0 fully saturated rings. The Kier molecular flexibility index (Phi) is 5.71. The summed E-state index contributed by atoms with van der Waals surface area (Å²) in [4.78, 5) is 24.2. The summed E-state index contributed by atoms with van der Waals surface area (Å²) in [6.45, 7) is 4.22. The van der Waals surface area contributed by atoms with Crippen LogP contribution >= 0.6 is 11.8 Å². The van der Waals surface area contributed by atoms with Crippen molar-refractivity contribution in [2.75, 3.05) is 16.4 Å². The lowest BCUT2D eigenvalue weighted by atomic mass is 10.2. The fourth-order valence-corrected chi connectivity index (χ4v) is 3.81. The van der Waals surface area contributed by atoms with Crippen molar-refractivity contribution in [2.45, 2.75) is 31.7 Å². The number of ether oxygens (including phenoxy) is 1. The number of carbonyl (C=O) groups excluding carboxylic acids is 2. The number of carbonyl (C=O) groups is 2. The van der Waals surface area contributed by atoms with Gasteiger partial charge in [0.15, 0.2) is 11.3 Å². The molecule has 1 atom stereocenters. The molecule has 8 nitrogen and oxygen atoms in total. The monoisotopic (exact) mass is 423 g/mol. The minimum atomic E-state index is -0.536. The van der Waals surface area contributed by atoms with Crippen LogP contribution in [0, 0.1) is 6.92 Å². The van der Waals surface area contributed by atoms with E-state index in [1.54, 1.807) is 25.1 Å². The van der Waals surface area contributed by atoms with Gasteiger partial charge < -0.3 is 19.9 Å². The number of aromatic nitrogens is 3. The Hall–Kier alpha value is -3.33. The van der Waals surface area contributed by atoms with Crippen molar-refractivity contribution in [1.29, 1.82) is 0 Å². The second kappa shape index (κ2) is 8.58. The number of thioether (sulfide) groups is 1. The number of rotatable bonds is 6. The molecule has 2 N–H and O–H groups in total. The number of hydrogen-bond acceptors (Lipinski definition) is 6. The number of amides is 2. The molecule has 0 aliphatic carbocycles. The van der Waals surface area contributed by atoms with Gasteiger partial charge in [0.2, 0.25) is 5.91 Å². The predicted molar refractivity (Wildman–Crippen MR) is 115 cm³/mol. The van der Waals surface area contributed by atoms with E-state index in [0.717, 1.165) is 11.4 Å². The lowest BCUT2D eigenvalue weighted by Crippen LogP contribution is -2.34. The molecule has 1 aliphatic rings. The van der Waals surface area contributed by atoms with Gasteiger partial charge in [-0.3, -0.25) is 9.59 Å². The fraction of sp³-hybridized carbons (Fsp3) is 0.238. The topological polar surface area (TPSA) is 98.1 Å². The number of aryl methyl sites for hydroxylation is 1. The van der Waals surface area contributed by atoms with Crippen LogP contribution in [0.5, 0.6) is 5.75 Å². The highest BCUT2D eigenvalue weighted by Gasteiger charge is 2.23. The molecule has 0 bridgehead atoms. The summed E-state index contributed by atoms with van der Waals surface area (Å²) in [5, 5.41) is 14.6. The van der Waals surface area contributed by atoms with Crippen LogP contribution in [0.15, 0.2) is 53.7 Å². The molecule has 2 heterocycles. The lowest BCUT2D eigenvalue weighted by molar-refractivity contribution is -0.122. The van der Waals surface area contributed by atoms with E-state index in [0.29, 0.717) is 28.8 Å². The van der Waals surface area contributed by atoms with Crippen LogP contribution in [-0.2, 0) is 16.1 Å². The summed E-state index contributed by atoms with van der Waals surface area (Å²) < 4.78 is 7.51. The molecule has 30 heavy (non-hydrogen) atoms. The van der Waals surface area contributed by atoms with Crippen molar-refractivity contribution in [3.8, 4) is 5.75 Å². The SMILES string of the molecule is Cc1nnc(SCC(=O)Nc2ccc3c(c2)NC(=O)[C@H](C)O3)n1Cc1ccccc1. The van der Waals surface area contributed by atoms with Crippen LogP contribution in [0.25, 0.3) is 0 Å². The molecule has 0 radical (unpaired) electrons. The molecule has 2 amide bonds. The van der Waals surface area contributed by atoms with Gasteiger partial charge in [-0.1, -0.05) is 42.1 Å². The predicted octanol–water partition coefficient (Wildman–Crippen LogP) is 3.09. The molecule has 0 saturated heterocycles. The molecule has 0 unspecified atom stereocenters. The van der Waals surface area contributed by atoms with Crippen LogP contribution in [-0.4, -0.2) is 38.4 Å². The van der Waals surface area contributed by atoms with E-state index in [2.05, 4.69) is 20.8 Å². The van der Waals surface area contributed by atoms with Gasteiger partial charge in [-0.25, -0.2) is 0 Å². The maximum absolute atomic E-state index is 12.4. The number of nitrogens with one attached hydrogen (secondary N) is 2. The van der Waals surface area contributed by atoms with Gasteiger partial charge in [-0.2, -0.15) is 0 Å². The summed E-state index contributed by atoms with van der Waals surface area (Å²) in [5.74, 6) is 1.17. The van der Waals surface area contributed by atoms with Crippen LogP contribution in [0.1, 0.15) is 18.3 Å². The van der Waals surface area contributed by atoms with Crippen molar-refractivity contribution in [3.63, 3.8) is 0 Å². The Morgan fingerprint density at radius 3 is 2.83 bits per heavy atom. The highest BCUT2D eigenvalue weighted by Crippen LogP contribution is 2.32. The van der Waals surface area contributed by atoms with Gasteiger partial charge >= 0.3 is 0 Å². The third-order valence-electron chi connectivity index (χ3n) is 4.61. The zero-order valence-electron chi connectivity index (χ0n) is 16.6. The standard InChI is InChI=1S/C21H21N5O3S/c1-13-20(28)23-17-10-16(8-9-18(17)29-13)22-19(27)12-30-21-25-24-14(2)26(21)11-15-6-4-3-5-7-15/h3-10,13H,11-12H2,1-2H3,(H,22,27)(H,23,28)/t13-/m0/s1. The van der Waals surface area contributed by atoms with Crippen molar-refractivity contribution in [2.24, 2.45) is 0 Å². The summed E-state index contributed by atoms with van der Waals surface area (Å²) >= 11 is 1.33. The Balaban J connectivity index is 1.38. The first-order chi connectivity index (χ1) is 14.5. The van der Waals surface area contributed by atoms with Crippen LogP contribution in [0.3, 0.4) is 0 Å². The van der Waals surface area contributed by atoms with Gasteiger partial charge in [0.05, 0.1) is 18.0 Å². The molecule has 1 aromatic heterocycles. The van der Waals surface area contributed by atoms with Gasteiger partial charge in [0.25, 0.3) is 5.91 Å². The maximum atomic E-state index is 12.4. The first-order valence-corrected chi connectivity index (χ1v) is 10.5. The van der Waals surface area contributed by atoms with Crippen LogP contribution < -0.4 is 15.4 Å². The Labute approximate surface area is 178 Å². The first-order valence-electron chi connectivity index (χ1n) is 9.47. The third-order valence-corrected chi connectivity index (χ3v) is 5.58. The fourth-order valence-electron chi connectivity index (χ4n) is 3.03. The van der Waals surface area contributed by atoms with Crippen molar-refractivity contribution < 1.29 is 14.3 Å².